The van der Waals surface area contributed by atoms with Crippen LogP contribution in [0.5, 0.6) is 0 Å². The van der Waals surface area contributed by atoms with Crippen molar-refractivity contribution < 1.29 is 5.11 Å². The minimum atomic E-state index is 0.349. The first-order chi connectivity index (χ1) is 9.45. The molecule has 0 fully saturated rings. The van der Waals surface area contributed by atoms with Crippen molar-refractivity contribution in [3.8, 4) is 0 Å². The van der Waals surface area contributed by atoms with Gasteiger partial charge in [0.15, 0.2) is 0 Å². The second-order valence-corrected chi connectivity index (χ2v) is 7.68. The Morgan fingerprint density at radius 1 is 0.550 bits per heavy atom. The summed E-state index contributed by atoms with van der Waals surface area (Å²) in [7, 11) is 0. The minimum absolute atomic E-state index is 0.349. The van der Waals surface area contributed by atoms with Gasteiger partial charge in [0, 0.05) is 6.61 Å². The second kappa shape index (κ2) is 12.7. The van der Waals surface area contributed by atoms with Gasteiger partial charge in [-0.25, -0.2) is 0 Å². The van der Waals surface area contributed by atoms with Gasteiger partial charge in [-0.3, -0.25) is 0 Å². The van der Waals surface area contributed by atoms with E-state index in [1.165, 1.54) is 57.8 Å². The Balaban J connectivity index is 3.43. The molecule has 3 atom stereocenters. The summed E-state index contributed by atoms with van der Waals surface area (Å²) in [4.78, 5) is 0. The van der Waals surface area contributed by atoms with E-state index >= 15 is 0 Å². The summed E-state index contributed by atoms with van der Waals surface area (Å²) < 4.78 is 0. The van der Waals surface area contributed by atoms with E-state index in [4.69, 9.17) is 5.11 Å². The Labute approximate surface area is 128 Å². The molecule has 0 spiro atoms. The summed E-state index contributed by atoms with van der Waals surface area (Å²) in [5, 5.41) is 9.01. The van der Waals surface area contributed by atoms with E-state index in [2.05, 4.69) is 34.6 Å². The molecule has 0 bridgehead atoms. The molecular formula is C19H40O. The highest BCUT2D eigenvalue weighted by atomic mass is 16.3. The lowest BCUT2D eigenvalue weighted by molar-refractivity contribution is 0.225. The summed E-state index contributed by atoms with van der Waals surface area (Å²) in [5.41, 5.74) is 0. The van der Waals surface area contributed by atoms with Crippen LogP contribution in [-0.4, -0.2) is 11.7 Å². The second-order valence-electron chi connectivity index (χ2n) is 7.68. The SMILES string of the molecule is CC(C)CCC[C@H](C)CCC[C@H](C)CCC[C@@H](C)CO. The molecule has 1 N–H and O–H groups in total. The lowest BCUT2D eigenvalue weighted by atomic mass is 9.91. The smallest absolute Gasteiger partial charge is 0.0456 e. The third kappa shape index (κ3) is 13.0. The van der Waals surface area contributed by atoms with E-state index in [0.29, 0.717) is 12.5 Å². The van der Waals surface area contributed by atoms with Crippen molar-refractivity contribution in [2.45, 2.75) is 92.4 Å². The highest BCUT2D eigenvalue weighted by Gasteiger charge is 2.07. The quantitative estimate of drug-likeness (QED) is 0.436. The van der Waals surface area contributed by atoms with E-state index < -0.39 is 0 Å². The Morgan fingerprint density at radius 2 is 0.900 bits per heavy atom. The summed E-state index contributed by atoms with van der Waals surface area (Å²) in [6.07, 6.45) is 12.2. The van der Waals surface area contributed by atoms with Crippen LogP contribution in [0.4, 0.5) is 0 Å². The van der Waals surface area contributed by atoms with Crippen LogP contribution in [0.3, 0.4) is 0 Å². The number of aliphatic hydroxyl groups excluding tert-OH is 1. The molecule has 0 aromatic rings. The zero-order valence-corrected chi connectivity index (χ0v) is 14.8. The van der Waals surface area contributed by atoms with E-state index in [1.807, 2.05) is 0 Å². The first-order valence-corrected chi connectivity index (χ1v) is 9.06. The average molecular weight is 285 g/mol. The van der Waals surface area contributed by atoms with Crippen LogP contribution in [0.15, 0.2) is 0 Å². The molecular weight excluding hydrogens is 244 g/mol. The molecule has 0 radical (unpaired) electrons. The predicted octanol–water partition coefficient (Wildman–Crippen LogP) is 6.05. The van der Waals surface area contributed by atoms with E-state index in [-0.39, 0.29) is 0 Å². The van der Waals surface area contributed by atoms with Crippen molar-refractivity contribution in [3.05, 3.63) is 0 Å². The monoisotopic (exact) mass is 284 g/mol. The van der Waals surface area contributed by atoms with Gasteiger partial charge in [0.2, 0.25) is 0 Å². The highest BCUT2D eigenvalue weighted by Crippen LogP contribution is 2.21. The van der Waals surface area contributed by atoms with E-state index in [1.54, 1.807) is 0 Å². The molecule has 0 aliphatic heterocycles. The molecule has 0 saturated carbocycles. The van der Waals surface area contributed by atoms with Crippen molar-refractivity contribution >= 4 is 0 Å². The summed E-state index contributed by atoms with van der Waals surface area (Å²) in [6, 6.07) is 0. The van der Waals surface area contributed by atoms with Crippen molar-refractivity contribution in [3.63, 3.8) is 0 Å². The molecule has 1 heteroatoms. The van der Waals surface area contributed by atoms with Gasteiger partial charge in [-0.05, 0) is 30.1 Å². The van der Waals surface area contributed by atoms with E-state index in [0.717, 1.165) is 17.8 Å². The van der Waals surface area contributed by atoms with Crippen LogP contribution >= 0.6 is 0 Å². The fourth-order valence-electron chi connectivity index (χ4n) is 2.88. The minimum Gasteiger partial charge on any atom is -0.396 e. The van der Waals surface area contributed by atoms with Crippen molar-refractivity contribution in [2.24, 2.45) is 23.7 Å². The molecule has 0 unspecified atom stereocenters. The van der Waals surface area contributed by atoms with Crippen LogP contribution in [-0.2, 0) is 0 Å². The van der Waals surface area contributed by atoms with Gasteiger partial charge in [-0.1, -0.05) is 86.0 Å². The largest absolute Gasteiger partial charge is 0.396 e. The number of hydrogen-bond donors (Lipinski definition) is 1. The zero-order chi connectivity index (χ0) is 15.4. The Kier molecular flexibility index (Phi) is 12.7. The Bertz CT molecular complexity index is 200. The van der Waals surface area contributed by atoms with Crippen molar-refractivity contribution in [1.29, 1.82) is 0 Å². The van der Waals surface area contributed by atoms with Crippen molar-refractivity contribution in [1.82, 2.24) is 0 Å². The maximum absolute atomic E-state index is 9.01. The summed E-state index contributed by atoms with van der Waals surface area (Å²) in [6.45, 7) is 12.0. The number of aliphatic hydroxyl groups is 1. The first-order valence-electron chi connectivity index (χ1n) is 9.06. The van der Waals surface area contributed by atoms with Crippen LogP contribution in [0.25, 0.3) is 0 Å². The molecule has 1 nitrogen and oxygen atoms in total. The van der Waals surface area contributed by atoms with Gasteiger partial charge < -0.3 is 5.11 Å². The predicted molar refractivity (Wildman–Crippen MR) is 91.0 cm³/mol. The molecule has 0 aromatic heterocycles. The number of hydrogen-bond acceptors (Lipinski definition) is 1. The third-order valence-corrected chi connectivity index (χ3v) is 4.58. The maximum atomic E-state index is 9.01. The fourth-order valence-corrected chi connectivity index (χ4v) is 2.88. The summed E-state index contributed by atoms with van der Waals surface area (Å²) >= 11 is 0. The van der Waals surface area contributed by atoms with Gasteiger partial charge in [-0.15, -0.1) is 0 Å². The molecule has 0 aliphatic rings. The maximum Gasteiger partial charge on any atom is 0.0456 e. The Morgan fingerprint density at radius 3 is 1.25 bits per heavy atom. The van der Waals surface area contributed by atoms with Gasteiger partial charge in [0.05, 0.1) is 0 Å². The fraction of sp³-hybridized carbons (Fsp3) is 1.00. The molecule has 122 valence electrons. The van der Waals surface area contributed by atoms with E-state index in [9.17, 15) is 0 Å². The first kappa shape index (κ1) is 20.0. The lowest BCUT2D eigenvalue weighted by Gasteiger charge is -2.15. The van der Waals surface area contributed by atoms with Crippen LogP contribution < -0.4 is 0 Å². The third-order valence-electron chi connectivity index (χ3n) is 4.58. The molecule has 0 heterocycles. The number of rotatable bonds is 13. The lowest BCUT2D eigenvalue weighted by Crippen LogP contribution is -2.03. The van der Waals surface area contributed by atoms with Gasteiger partial charge in [0.25, 0.3) is 0 Å². The normalized spacial score (nSPS) is 16.4. The summed E-state index contributed by atoms with van der Waals surface area (Å²) in [5.74, 6) is 3.13. The standard InChI is InChI=1S/C19H40O/c1-16(2)9-6-10-17(3)11-7-12-18(4)13-8-14-19(5)15-20/h16-20H,6-15H2,1-5H3/t17-,18-,19+/m0/s1. The molecule has 0 rings (SSSR count). The molecule has 0 aliphatic carbocycles. The molecule has 20 heavy (non-hydrogen) atoms. The zero-order valence-electron chi connectivity index (χ0n) is 14.8. The Hall–Kier alpha value is -0.0400. The molecule has 0 saturated heterocycles. The average Bonchev–Trinajstić information content (AvgIpc) is 2.38. The van der Waals surface area contributed by atoms with Crippen LogP contribution in [0.2, 0.25) is 0 Å². The van der Waals surface area contributed by atoms with Crippen molar-refractivity contribution in [2.75, 3.05) is 6.61 Å². The van der Waals surface area contributed by atoms with Gasteiger partial charge in [0.1, 0.15) is 0 Å². The molecule has 0 aromatic carbocycles. The van der Waals surface area contributed by atoms with Gasteiger partial charge >= 0.3 is 0 Å². The van der Waals surface area contributed by atoms with Gasteiger partial charge in [-0.2, -0.15) is 0 Å². The van der Waals surface area contributed by atoms with Crippen LogP contribution in [0.1, 0.15) is 92.4 Å². The topological polar surface area (TPSA) is 20.2 Å². The highest BCUT2D eigenvalue weighted by molar-refractivity contribution is 4.60. The van der Waals surface area contributed by atoms with Crippen LogP contribution in [0, 0.1) is 23.7 Å². The molecule has 0 amide bonds.